The van der Waals surface area contributed by atoms with Crippen LogP contribution in [0.4, 0.5) is 8.78 Å². The Labute approximate surface area is 114 Å². The fourth-order valence-electron chi connectivity index (χ4n) is 1.76. The summed E-state index contributed by atoms with van der Waals surface area (Å²) in [6, 6.07) is 9.12. The number of amides is 1. The summed E-state index contributed by atoms with van der Waals surface area (Å²) in [5.41, 5.74) is 0.763. The number of nitrogens with one attached hydrogen (secondary N) is 1. The molecule has 0 spiro atoms. The van der Waals surface area contributed by atoms with Gasteiger partial charge in [0.05, 0.1) is 5.56 Å². The number of hydrogen-bond acceptors (Lipinski definition) is 2. The average molecular weight is 277 g/mol. The number of aromatic hydroxyl groups is 1. The summed E-state index contributed by atoms with van der Waals surface area (Å²) in [7, 11) is 0. The molecule has 0 saturated heterocycles. The van der Waals surface area contributed by atoms with Crippen molar-refractivity contribution in [3.8, 4) is 5.75 Å². The number of phenolic OH excluding ortho intramolecular Hbond substituents is 1. The maximum Gasteiger partial charge on any atom is 0.255 e. The molecule has 0 aliphatic heterocycles. The normalized spacial score (nSPS) is 10.3. The van der Waals surface area contributed by atoms with Crippen LogP contribution in [-0.2, 0) is 6.42 Å². The number of rotatable bonds is 4. The Morgan fingerprint density at radius 3 is 2.40 bits per heavy atom. The van der Waals surface area contributed by atoms with Crippen LogP contribution in [0.3, 0.4) is 0 Å². The third kappa shape index (κ3) is 3.54. The molecule has 5 heteroatoms. The number of carbonyl (C=O) groups is 1. The van der Waals surface area contributed by atoms with Gasteiger partial charge in [-0.05, 0) is 42.3 Å². The minimum atomic E-state index is -0.591. The number of benzene rings is 2. The smallest absolute Gasteiger partial charge is 0.255 e. The van der Waals surface area contributed by atoms with Gasteiger partial charge in [-0.1, -0.05) is 12.1 Å². The summed E-state index contributed by atoms with van der Waals surface area (Å²) in [5.74, 6) is -1.73. The molecule has 2 rings (SSSR count). The molecule has 3 nitrogen and oxygen atoms in total. The third-order valence-electron chi connectivity index (χ3n) is 2.82. The highest BCUT2D eigenvalue weighted by Crippen LogP contribution is 2.17. The molecule has 2 aromatic rings. The molecule has 0 aliphatic rings. The molecular formula is C15H13F2NO2. The molecule has 0 radical (unpaired) electrons. The highest BCUT2D eigenvalue weighted by Gasteiger charge is 2.11. The van der Waals surface area contributed by atoms with E-state index in [1.54, 1.807) is 12.1 Å². The van der Waals surface area contributed by atoms with E-state index in [4.69, 9.17) is 0 Å². The first-order valence-electron chi connectivity index (χ1n) is 6.07. The molecule has 0 unspecified atom stereocenters. The van der Waals surface area contributed by atoms with Crippen molar-refractivity contribution >= 4 is 5.91 Å². The molecule has 0 bridgehead atoms. The van der Waals surface area contributed by atoms with Crippen molar-refractivity contribution in [3.63, 3.8) is 0 Å². The van der Waals surface area contributed by atoms with Crippen molar-refractivity contribution in [2.24, 2.45) is 0 Å². The quantitative estimate of drug-likeness (QED) is 0.902. The molecule has 0 heterocycles. The maximum absolute atomic E-state index is 13.0. The molecule has 20 heavy (non-hydrogen) atoms. The van der Waals surface area contributed by atoms with Gasteiger partial charge in [-0.2, -0.15) is 0 Å². The summed E-state index contributed by atoms with van der Waals surface area (Å²) in [5, 5.41) is 12.1. The molecular weight excluding hydrogens is 264 g/mol. The molecule has 104 valence electrons. The highest BCUT2D eigenvalue weighted by molar-refractivity contribution is 5.96. The Kier molecular flexibility index (Phi) is 4.30. The minimum Gasteiger partial charge on any atom is -0.507 e. The van der Waals surface area contributed by atoms with Crippen LogP contribution in [0.1, 0.15) is 15.9 Å². The van der Waals surface area contributed by atoms with Crippen molar-refractivity contribution in [3.05, 3.63) is 65.2 Å². The van der Waals surface area contributed by atoms with E-state index < -0.39 is 11.7 Å². The fraction of sp³-hybridized carbons (Fsp3) is 0.133. The van der Waals surface area contributed by atoms with Crippen molar-refractivity contribution in [1.82, 2.24) is 5.32 Å². The molecule has 0 aliphatic carbocycles. The van der Waals surface area contributed by atoms with Crippen LogP contribution in [0.5, 0.6) is 5.75 Å². The number of hydrogen-bond donors (Lipinski definition) is 2. The van der Waals surface area contributed by atoms with Gasteiger partial charge in [0.1, 0.15) is 17.4 Å². The molecule has 0 fully saturated rings. The highest BCUT2D eigenvalue weighted by atomic mass is 19.1. The van der Waals surface area contributed by atoms with Crippen LogP contribution in [-0.4, -0.2) is 17.6 Å². The van der Waals surface area contributed by atoms with E-state index in [0.29, 0.717) is 13.0 Å². The first-order valence-corrected chi connectivity index (χ1v) is 6.07. The topological polar surface area (TPSA) is 49.3 Å². The average Bonchev–Trinajstić information content (AvgIpc) is 2.43. The van der Waals surface area contributed by atoms with E-state index in [1.807, 2.05) is 0 Å². The van der Waals surface area contributed by atoms with Crippen molar-refractivity contribution < 1.29 is 18.7 Å². The monoisotopic (exact) mass is 277 g/mol. The van der Waals surface area contributed by atoms with Gasteiger partial charge in [-0.3, -0.25) is 4.79 Å². The summed E-state index contributed by atoms with van der Waals surface area (Å²) in [6.45, 7) is 0.306. The summed E-state index contributed by atoms with van der Waals surface area (Å²) in [6.07, 6.45) is 0.516. The molecule has 2 aromatic carbocycles. The van der Waals surface area contributed by atoms with E-state index in [0.717, 1.165) is 23.8 Å². The first-order chi connectivity index (χ1) is 9.56. The van der Waals surface area contributed by atoms with Crippen LogP contribution in [0, 0.1) is 11.6 Å². The molecule has 0 aromatic heterocycles. The second kappa shape index (κ2) is 6.14. The largest absolute Gasteiger partial charge is 0.507 e. The predicted molar refractivity (Wildman–Crippen MR) is 70.5 cm³/mol. The van der Waals surface area contributed by atoms with Crippen LogP contribution < -0.4 is 5.32 Å². The van der Waals surface area contributed by atoms with Crippen molar-refractivity contribution in [2.45, 2.75) is 6.42 Å². The number of phenols is 1. The van der Waals surface area contributed by atoms with Crippen molar-refractivity contribution in [1.29, 1.82) is 0 Å². The SMILES string of the molecule is O=C(NCCc1ccc(F)cc1)c1cc(F)ccc1O. The van der Waals surface area contributed by atoms with E-state index in [9.17, 15) is 18.7 Å². The third-order valence-corrected chi connectivity index (χ3v) is 2.82. The maximum atomic E-state index is 13.0. The lowest BCUT2D eigenvalue weighted by molar-refractivity contribution is 0.0951. The zero-order valence-electron chi connectivity index (χ0n) is 10.6. The lowest BCUT2D eigenvalue weighted by Crippen LogP contribution is -2.25. The van der Waals surface area contributed by atoms with Gasteiger partial charge in [0, 0.05) is 6.54 Å². The second-order valence-electron chi connectivity index (χ2n) is 4.29. The van der Waals surface area contributed by atoms with Gasteiger partial charge < -0.3 is 10.4 Å². The van der Waals surface area contributed by atoms with Gasteiger partial charge in [0.15, 0.2) is 0 Å². The Morgan fingerprint density at radius 1 is 1.05 bits per heavy atom. The van der Waals surface area contributed by atoms with E-state index in [1.165, 1.54) is 12.1 Å². The Morgan fingerprint density at radius 2 is 1.70 bits per heavy atom. The van der Waals surface area contributed by atoms with Crippen LogP contribution in [0.15, 0.2) is 42.5 Å². The zero-order valence-corrected chi connectivity index (χ0v) is 10.6. The lowest BCUT2D eigenvalue weighted by Gasteiger charge is -2.07. The van der Waals surface area contributed by atoms with Gasteiger partial charge in [0.25, 0.3) is 5.91 Å². The van der Waals surface area contributed by atoms with Gasteiger partial charge >= 0.3 is 0 Å². The van der Waals surface area contributed by atoms with Crippen molar-refractivity contribution in [2.75, 3.05) is 6.54 Å². The van der Waals surface area contributed by atoms with E-state index >= 15 is 0 Å². The number of halogens is 2. The van der Waals surface area contributed by atoms with Gasteiger partial charge in [-0.15, -0.1) is 0 Å². The zero-order chi connectivity index (χ0) is 14.5. The Bertz CT molecular complexity index is 612. The summed E-state index contributed by atoms with van der Waals surface area (Å²) >= 11 is 0. The van der Waals surface area contributed by atoms with E-state index in [2.05, 4.69) is 5.32 Å². The van der Waals surface area contributed by atoms with Gasteiger partial charge in [-0.25, -0.2) is 8.78 Å². The second-order valence-corrected chi connectivity index (χ2v) is 4.29. The molecule has 0 saturated carbocycles. The predicted octanol–water partition coefficient (Wildman–Crippen LogP) is 2.64. The Hall–Kier alpha value is -2.43. The Balaban J connectivity index is 1.92. The lowest BCUT2D eigenvalue weighted by atomic mass is 10.1. The fourth-order valence-corrected chi connectivity index (χ4v) is 1.76. The van der Waals surface area contributed by atoms with Crippen LogP contribution in [0.25, 0.3) is 0 Å². The standard InChI is InChI=1S/C15H13F2NO2/c16-11-3-1-10(2-4-11)7-8-18-15(20)13-9-12(17)5-6-14(13)19/h1-6,9,19H,7-8H2,(H,18,20). The molecule has 1 amide bonds. The minimum absolute atomic E-state index is 0.107. The molecule has 0 atom stereocenters. The van der Waals surface area contributed by atoms with Gasteiger partial charge in [0.2, 0.25) is 0 Å². The molecule has 2 N–H and O–H groups in total. The summed E-state index contributed by atoms with van der Waals surface area (Å²) < 4.78 is 25.7. The first kappa shape index (κ1) is 14.0. The number of carbonyl (C=O) groups excluding carboxylic acids is 1. The summed E-state index contributed by atoms with van der Waals surface area (Å²) in [4.78, 5) is 11.8. The van der Waals surface area contributed by atoms with E-state index in [-0.39, 0.29) is 17.1 Å². The van der Waals surface area contributed by atoms with Crippen LogP contribution >= 0.6 is 0 Å². The van der Waals surface area contributed by atoms with Crippen LogP contribution in [0.2, 0.25) is 0 Å².